The van der Waals surface area contributed by atoms with Crippen LogP contribution in [0.15, 0.2) is 47.5 Å². The summed E-state index contributed by atoms with van der Waals surface area (Å²) < 4.78 is 5.44. The fraction of sp³-hybridized carbons (Fsp3) is 0.105. The standard InChI is InChI=1S/C19H16O6/c20-15-3-1-11(7-17(15)22)5-13-9-25-10-14(19(13)24)6-12-2-4-16(21)18(23)8-12/h1-8,20-23H,9-10H2/b13-5+,14-6+. The van der Waals surface area contributed by atoms with Gasteiger partial charge >= 0.3 is 0 Å². The van der Waals surface area contributed by atoms with Crippen molar-refractivity contribution in [3.63, 3.8) is 0 Å². The maximum Gasteiger partial charge on any atom is 0.189 e. The molecule has 0 aliphatic carbocycles. The Balaban J connectivity index is 1.89. The van der Waals surface area contributed by atoms with Gasteiger partial charge in [0.05, 0.1) is 13.2 Å². The maximum absolute atomic E-state index is 12.6. The number of ketones is 1. The van der Waals surface area contributed by atoms with E-state index in [9.17, 15) is 25.2 Å². The van der Waals surface area contributed by atoms with Crippen LogP contribution in [0, 0.1) is 0 Å². The minimum Gasteiger partial charge on any atom is -0.504 e. The smallest absolute Gasteiger partial charge is 0.189 e. The normalized spacial score (nSPS) is 18.0. The van der Waals surface area contributed by atoms with Gasteiger partial charge in [-0.05, 0) is 47.5 Å². The molecule has 0 spiro atoms. The summed E-state index contributed by atoms with van der Waals surface area (Å²) in [6.45, 7) is 0.275. The number of phenolic OH excluding ortho intramolecular Hbond substituents is 4. The third-order valence-corrected chi connectivity index (χ3v) is 3.78. The summed E-state index contributed by atoms with van der Waals surface area (Å²) in [6.07, 6.45) is 3.17. The molecule has 0 bridgehead atoms. The Kier molecular flexibility index (Phi) is 4.45. The van der Waals surface area contributed by atoms with E-state index in [1.165, 1.54) is 24.3 Å². The Morgan fingerprint density at radius 3 is 1.56 bits per heavy atom. The van der Waals surface area contributed by atoms with Gasteiger partial charge in [0.15, 0.2) is 28.8 Å². The highest BCUT2D eigenvalue weighted by molar-refractivity contribution is 6.14. The molecule has 0 amide bonds. The fourth-order valence-electron chi connectivity index (χ4n) is 2.49. The van der Waals surface area contributed by atoms with E-state index in [0.29, 0.717) is 22.3 Å². The molecule has 3 rings (SSSR count). The first-order chi connectivity index (χ1) is 11.9. The summed E-state index contributed by atoms with van der Waals surface area (Å²) in [6, 6.07) is 8.53. The average Bonchev–Trinajstić information content (AvgIpc) is 2.58. The number of ether oxygens (including phenoxy) is 1. The van der Waals surface area contributed by atoms with Gasteiger partial charge in [-0.15, -0.1) is 0 Å². The van der Waals surface area contributed by atoms with Gasteiger partial charge in [-0.1, -0.05) is 12.1 Å². The second-order valence-corrected chi connectivity index (χ2v) is 5.66. The van der Waals surface area contributed by atoms with Crippen LogP contribution in [0.5, 0.6) is 23.0 Å². The monoisotopic (exact) mass is 340 g/mol. The van der Waals surface area contributed by atoms with Crippen molar-refractivity contribution in [2.24, 2.45) is 0 Å². The lowest BCUT2D eigenvalue weighted by atomic mass is 9.97. The van der Waals surface area contributed by atoms with E-state index in [1.807, 2.05) is 0 Å². The Hall–Kier alpha value is -3.25. The van der Waals surface area contributed by atoms with Gasteiger partial charge in [-0.25, -0.2) is 0 Å². The molecule has 1 aliphatic rings. The van der Waals surface area contributed by atoms with Gasteiger partial charge in [-0.3, -0.25) is 4.79 Å². The minimum atomic E-state index is -0.270. The molecule has 6 heteroatoms. The van der Waals surface area contributed by atoms with E-state index in [2.05, 4.69) is 0 Å². The topological polar surface area (TPSA) is 107 Å². The molecule has 1 saturated heterocycles. The highest BCUT2D eigenvalue weighted by Gasteiger charge is 2.21. The van der Waals surface area contributed by atoms with Crippen LogP contribution in [0.2, 0.25) is 0 Å². The van der Waals surface area contributed by atoms with E-state index < -0.39 is 0 Å². The van der Waals surface area contributed by atoms with E-state index in [0.717, 1.165) is 0 Å². The molecule has 0 radical (unpaired) electrons. The molecule has 0 saturated carbocycles. The van der Waals surface area contributed by atoms with Crippen LogP contribution in [0.25, 0.3) is 12.2 Å². The lowest BCUT2D eigenvalue weighted by Gasteiger charge is -2.17. The molecule has 2 aromatic carbocycles. The molecule has 2 aromatic rings. The number of phenols is 4. The molecule has 0 aromatic heterocycles. The summed E-state index contributed by atoms with van der Waals surface area (Å²) in [5.74, 6) is -1.21. The van der Waals surface area contributed by atoms with Gasteiger partial charge < -0.3 is 25.2 Å². The first kappa shape index (κ1) is 16.6. The first-order valence-corrected chi connectivity index (χ1v) is 7.51. The average molecular weight is 340 g/mol. The van der Waals surface area contributed by atoms with Gasteiger partial charge in [-0.2, -0.15) is 0 Å². The van der Waals surface area contributed by atoms with Crippen LogP contribution in [-0.4, -0.2) is 39.4 Å². The number of benzene rings is 2. The van der Waals surface area contributed by atoms with Crippen molar-refractivity contribution in [2.75, 3.05) is 13.2 Å². The predicted octanol–water partition coefficient (Wildman–Crippen LogP) is 2.58. The molecular formula is C19H16O6. The van der Waals surface area contributed by atoms with Crippen molar-refractivity contribution < 1.29 is 30.0 Å². The molecule has 1 fully saturated rings. The molecule has 0 atom stereocenters. The van der Waals surface area contributed by atoms with E-state index >= 15 is 0 Å². The van der Waals surface area contributed by atoms with Gasteiger partial charge in [0, 0.05) is 11.1 Å². The van der Waals surface area contributed by atoms with Crippen molar-refractivity contribution >= 4 is 17.9 Å². The van der Waals surface area contributed by atoms with Crippen LogP contribution in [0.4, 0.5) is 0 Å². The molecule has 25 heavy (non-hydrogen) atoms. The van der Waals surface area contributed by atoms with Crippen LogP contribution in [-0.2, 0) is 9.53 Å². The summed E-state index contributed by atoms with van der Waals surface area (Å²) in [7, 11) is 0. The van der Waals surface area contributed by atoms with Gasteiger partial charge in [0.25, 0.3) is 0 Å². The Morgan fingerprint density at radius 1 is 0.720 bits per heavy atom. The summed E-state index contributed by atoms with van der Waals surface area (Å²) in [5, 5.41) is 37.8. The maximum atomic E-state index is 12.6. The van der Waals surface area contributed by atoms with Crippen molar-refractivity contribution in [3.8, 4) is 23.0 Å². The van der Waals surface area contributed by atoms with Crippen LogP contribution < -0.4 is 0 Å². The number of aromatic hydroxyl groups is 4. The molecule has 0 unspecified atom stereocenters. The van der Waals surface area contributed by atoms with Crippen molar-refractivity contribution in [1.29, 1.82) is 0 Å². The largest absolute Gasteiger partial charge is 0.504 e. The number of rotatable bonds is 2. The van der Waals surface area contributed by atoms with Crippen LogP contribution in [0.3, 0.4) is 0 Å². The highest BCUT2D eigenvalue weighted by atomic mass is 16.5. The number of hydrogen-bond donors (Lipinski definition) is 4. The second-order valence-electron chi connectivity index (χ2n) is 5.66. The quantitative estimate of drug-likeness (QED) is 0.494. The zero-order valence-corrected chi connectivity index (χ0v) is 13.1. The Labute approximate surface area is 143 Å². The predicted molar refractivity (Wildman–Crippen MR) is 91.3 cm³/mol. The number of carbonyl (C=O) groups is 1. The zero-order valence-electron chi connectivity index (χ0n) is 13.1. The van der Waals surface area contributed by atoms with Gasteiger partial charge in [0.2, 0.25) is 0 Å². The molecular weight excluding hydrogens is 324 g/mol. The van der Waals surface area contributed by atoms with E-state index in [4.69, 9.17) is 4.74 Å². The molecule has 128 valence electrons. The second kappa shape index (κ2) is 6.70. The molecule has 1 heterocycles. The Bertz CT molecular complexity index is 823. The number of Topliss-reactive ketones (excluding diaryl/α,β-unsaturated/α-hetero) is 1. The lowest BCUT2D eigenvalue weighted by Crippen LogP contribution is -2.21. The van der Waals surface area contributed by atoms with E-state index in [1.54, 1.807) is 24.3 Å². The summed E-state index contributed by atoms with van der Waals surface area (Å²) >= 11 is 0. The first-order valence-electron chi connectivity index (χ1n) is 7.51. The molecule has 1 aliphatic heterocycles. The van der Waals surface area contributed by atoms with E-state index in [-0.39, 0.29) is 42.0 Å². The van der Waals surface area contributed by atoms with Crippen LogP contribution in [0.1, 0.15) is 11.1 Å². The summed E-state index contributed by atoms with van der Waals surface area (Å²) in [4.78, 5) is 12.6. The van der Waals surface area contributed by atoms with Crippen molar-refractivity contribution in [2.45, 2.75) is 0 Å². The molecule has 6 nitrogen and oxygen atoms in total. The lowest BCUT2D eigenvalue weighted by molar-refractivity contribution is -0.114. The van der Waals surface area contributed by atoms with Crippen molar-refractivity contribution in [1.82, 2.24) is 0 Å². The zero-order chi connectivity index (χ0) is 18.0. The third-order valence-electron chi connectivity index (χ3n) is 3.78. The third kappa shape index (κ3) is 3.64. The molecule has 4 N–H and O–H groups in total. The number of hydrogen-bond acceptors (Lipinski definition) is 6. The Morgan fingerprint density at radius 2 is 1.16 bits per heavy atom. The number of carbonyl (C=O) groups excluding carboxylic acids is 1. The summed E-state index contributed by atoms with van der Waals surface area (Å²) in [5.41, 5.74) is 1.94. The van der Waals surface area contributed by atoms with Crippen LogP contribution >= 0.6 is 0 Å². The SMILES string of the molecule is O=C1/C(=C/c2ccc(O)c(O)c2)COC/C1=C\c1ccc(O)c(O)c1. The minimum absolute atomic E-state index is 0.138. The fourth-order valence-corrected chi connectivity index (χ4v) is 2.49. The van der Waals surface area contributed by atoms with Gasteiger partial charge in [0.1, 0.15) is 0 Å². The van der Waals surface area contributed by atoms with Crippen molar-refractivity contribution in [3.05, 3.63) is 58.7 Å². The highest BCUT2D eigenvalue weighted by Crippen LogP contribution is 2.29.